The lowest BCUT2D eigenvalue weighted by atomic mass is 10.0. The molecule has 1 aliphatic heterocycles. The van der Waals surface area contributed by atoms with E-state index in [0.29, 0.717) is 24.7 Å². The van der Waals surface area contributed by atoms with Crippen LogP contribution in [0.15, 0.2) is 12.1 Å². The van der Waals surface area contributed by atoms with Gasteiger partial charge in [-0.2, -0.15) is 0 Å². The Hall–Kier alpha value is -1.54. The molecule has 1 amide bonds. The maximum absolute atomic E-state index is 13.5. The van der Waals surface area contributed by atoms with Crippen LogP contribution in [0.25, 0.3) is 0 Å². The summed E-state index contributed by atoms with van der Waals surface area (Å²) in [6, 6.07) is 0.456. The summed E-state index contributed by atoms with van der Waals surface area (Å²) in [5, 5.41) is -0.514. The largest absolute Gasteiger partial charge is 0.327 e. The van der Waals surface area contributed by atoms with Gasteiger partial charge in [0.15, 0.2) is 17.9 Å². The molecule has 1 heterocycles. The summed E-state index contributed by atoms with van der Waals surface area (Å²) >= 11 is 1.36. The minimum Gasteiger partial charge on any atom is -0.327 e. The van der Waals surface area contributed by atoms with Gasteiger partial charge in [0, 0.05) is 30.8 Å². The number of amides is 1. The van der Waals surface area contributed by atoms with E-state index in [9.17, 15) is 22.8 Å². The second-order valence-corrected chi connectivity index (χ2v) is 6.24. The molecule has 1 aromatic carbocycles. The minimum atomic E-state index is -1.27. The normalized spacial score (nSPS) is 19.3. The van der Waals surface area contributed by atoms with Crippen molar-refractivity contribution in [2.75, 3.05) is 12.3 Å². The van der Waals surface area contributed by atoms with E-state index in [2.05, 4.69) is 0 Å². The Bertz CT molecular complexity index is 585. The third-order valence-electron chi connectivity index (χ3n) is 3.37. The van der Waals surface area contributed by atoms with Gasteiger partial charge in [0.2, 0.25) is 5.91 Å². The third-order valence-corrected chi connectivity index (χ3v) is 4.50. The van der Waals surface area contributed by atoms with Crippen molar-refractivity contribution in [1.29, 1.82) is 0 Å². The lowest BCUT2D eigenvalue weighted by Gasteiger charge is -2.21. The molecule has 1 fully saturated rings. The number of hydrogen-bond donors (Lipinski definition) is 1. The molecule has 1 saturated heterocycles. The summed E-state index contributed by atoms with van der Waals surface area (Å²) in [6.07, 6.45) is 0.501. The SMILES string of the molecule is NC(CC(=O)N1CCSC1C=O)Cc1cc(F)c(F)cc1F. The zero-order chi connectivity index (χ0) is 16.3. The molecule has 0 radical (unpaired) electrons. The number of halogens is 3. The van der Waals surface area contributed by atoms with Crippen LogP contribution in [-0.4, -0.2) is 40.8 Å². The zero-order valence-electron chi connectivity index (χ0n) is 11.6. The van der Waals surface area contributed by atoms with Crippen LogP contribution >= 0.6 is 11.8 Å². The fourth-order valence-electron chi connectivity index (χ4n) is 2.28. The molecular formula is C14H15F3N2O2S. The fourth-order valence-corrected chi connectivity index (χ4v) is 3.31. The first-order valence-electron chi connectivity index (χ1n) is 6.67. The Balaban J connectivity index is 1.98. The van der Waals surface area contributed by atoms with Crippen molar-refractivity contribution in [3.8, 4) is 0 Å². The number of nitrogens with two attached hydrogens (primary N) is 1. The maximum Gasteiger partial charge on any atom is 0.225 e. The van der Waals surface area contributed by atoms with Gasteiger partial charge >= 0.3 is 0 Å². The number of benzene rings is 1. The monoisotopic (exact) mass is 332 g/mol. The Morgan fingerprint density at radius 2 is 2.05 bits per heavy atom. The summed E-state index contributed by atoms with van der Waals surface area (Å²) in [7, 11) is 0. The van der Waals surface area contributed by atoms with Gasteiger partial charge in [0.25, 0.3) is 0 Å². The number of aldehydes is 1. The van der Waals surface area contributed by atoms with E-state index >= 15 is 0 Å². The van der Waals surface area contributed by atoms with E-state index < -0.39 is 28.9 Å². The molecule has 0 aliphatic carbocycles. The Morgan fingerprint density at radius 3 is 2.73 bits per heavy atom. The Morgan fingerprint density at radius 1 is 1.36 bits per heavy atom. The number of thioether (sulfide) groups is 1. The highest BCUT2D eigenvalue weighted by Crippen LogP contribution is 2.23. The molecule has 4 nitrogen and oxygen atoms in total. The second kappa shape index (κ2) is 7.15. The highest BCUT2D eigenvalue weighted by molar-refractivity contribution is 8.00. The number of carbonyl (C=O) groups is 2. The van der Waals surface area contributed by atoms with Crippen LogP contribution in [0.1, 0.15) is 12.0 Å². The summed E-state index contributed by atoms with van der Waals surface area (Å²) < 4.78 is 39.5. The van der Waals surface area contributed by atoms with E-state index in [4.69, 9.17) is 5.73 Å². The highest BCUT2D eigenvalue weighted by atomic mass is 32.2. The van der Waals surface area contributed by atoms with Crippen LogP contribution in [0.3, 0.4) is 0 Å². The first kappa shape index (κ1) is 16.8. The van der Waals surface area contributed by atoms with Gasteiger partial charge in [-0.15, -0.1) is 11.8 Å². The molecule has 2 unspecified atom stereocenters. The van der Waals surface area contributed by atoms with Gasteiger partial charge in [-0.05, 0) is 18.1 Å². The van der Waals surface area contributed by atoms with Gasteiger partial charge in [-0.3, -0.25) is 4.79 Å². The Labute approximate surface area is 129 Å². The van der Waals surface area contributed by atoms with Crippen LogP contribution in [0.4, 0.5) is 13.2 Å². The molecule has 2 rings (SSSR count). The van der Waals surface area contributed by atoms with Crippen molar-refractivity contribution in [2.45, 2.75) is 24.3 Å². The molecule has 22 heavy (non-hydrogen) atoms. The quantitative estimate of drug-likeness (QED) is 0.655. The van der Waals surface area contributed by atoms with Crippen LogP contribution < -0.4 is 5.73 Å². The lowest BCUT2D eigenvalue weighted by molar-refractivity contribution is -0.133. The predicted molar refractivity (Wildman–Crippen MR) is 76.6 cm³/mol. The van der Waals surface area contributed by atoms with Crippen molar-refractivity contribution in [2.24, 2.45) is 5.73 Å². The van der Waals surface area contributed by atoms with Gasteiger partial charge in [-0.1, -0.05) is 0 Å². The van der Waals surface area contributed by atoms with Crippen LogP contribution in [0.2, 0.25) is 0 Å². The average molecular weight is 332 g/mol. The summed E-state index contributed by atoms with van der Waals surface area (Å²) in [5.74, 6) is -2.97. The Kier molecular flexibility index (Phi) is 5.47. The van der Waals surface area contributed by atoms with Crippen molar-refractivity contribution < 1.29 is 22.8 Å². The molecule has 1 aromatic rings. The zero-order valence-corrected chi connectivity index (χ0v) is 12.4. The predicted octanol–water partition coefficient (Wildman–Crippen LogP) is 1.46. The number of hydrogen-bond acceptors (Lipinski definition) is 4. The van der Waals surface area contributed by atoms with Crippen molar-refractivity contribution >= 4 is 24.0 Å². The highest BCUT2D eigenvalue weighted by Gasteiger charge is 2.29. The first-order valence-corrected chi connectivity index (χ1v) is 7.72. The van der Waals surface area contributed by atoms with E-state index in [0.717, 1.165) is 6.07 Å². The fraction of sp³-hybridized carbons (Fsp3) is 0.429. The van der Waals surface area contributed by atoms with Crippen LogP contribution in [0.5, 0.6) is 0 Å². The van der Waals surface area contributed by atoms with E-state index in [1.165, 1.54) is 16.7 Å². The smallest absolute Gasteiger partial charge is 0.225 e. The van der Waals surface area contributed by atoms with Crippen molar-refractivity contribution in [3.05, 3.63) is 35.1 Å². The van der Waals surface area contributed by atoms with Gasteiger partial charge in [0.05, 0.1) is 0 Å². The molecule has 0 spiro atoms. The standard InChI is InChI=1S/C14H15F3N2O2S/c15-10-6-12(17)11(16)4-8(10)3-9(18)5-13(21)19-1-2-22-14(19)7-20/h4,6-7,9,14H,1-3,5,18H2. The second-order valence-electron chi connectivity index (χ2n) is 5.01. The number of rotatable bonds is 5. The molecule has 2 N–H and O–H groups in total. The topological polar surface area (TPSA) is 63.4 Å². The van der Waals surface area contributed by atoms with E-state index in [1.807, 2.05) is 0 Å². The number of carbonyl (C=O) groups excluding carboxylic acids is 2. The van der Waals surface area contributed by atoms with Gasteiger partial charge in [0.1, 0.15) is 11.2 Å². The molecule has 120 valence electrons. The van der Waals surface area contributed by atoms with Gasteiger partial charge < -0.3 is 15.4 Å². The molecular weight excluding hydrogens is 317 g/mol. The van der Waals surface area contributed by atoms with Crippen LogP contribution in [0, 0.1) is 17.5 Å². The van der Waals surface area contributed by atoms with Crippen molar-refractivity contribution in [1.82, 2.24) is 4.90 Å². The van der Waals surface area contributed by atoms with Crippen molar-refractivity contribution in [3.63, 3.8) is 0 Å². The third kappa shape index (κ3) is 3.80. The van der Waals surface area contributed by atoms with E-state index in [1.54, 1.807) is 0 Å². The maximum atomic E-state index is 13.5. The molecule has 0 aromatic heterocycles. The van der Waals surface area contributed by atoms with E-state index in [-0.39, 0.29) is 24.3 Å². The van der Waals surface area contributed by atoms with Crippen LogP contribution in [-0.2, 0) is 16.0 Å². The summed E-state index contributed by atoms with van der Waals surface area (Å²) in [5.41, 5.74) is 5.71. The molecule has 2 atom stereocenters. The summed E-state index contributed by atoms with van der Waals surface area (Å²) in [4.78, 5) is 24.3. The molecule has 1 aliphatic rings. The van der Waals surface area contributed by atoms with Gasteiger partial charge in [-0.25, -0.2) is 13.2 Å². The number of nitrogens with zero attached hydrogens (tertiary/aromatic N) is 1. The molecule has 8 heteroatoms. The summed E-state index contributed by atoms with van der Waals surface area (Å²) in [6.45, 7) is 0.458. The minimum absolute atomic E-state index is 0.0815. The first-order chi connectivity index (χ1) is 10.4. The molecule has 0 bridgehead atoms. The average Bonchev–Trinajstić information content (AvgIpc) is 2.93. The molecule has 0 saturated carbocycles. The lowest BCUT2D eigenvalue weighted by Crippen LogP contribution is -2.39.